The highest BCUT2D eigenvalue weighted by Gasteiger charge is 2.28. The van der Waals surface area contributed by atoms with Crippen LogP contribution in [0.15, 0.2) is 29.2 Å². The Kier molecular flexibility index (Phi) is 3.24. The van der Waals surface area contributed by atoms with Crippen molar-refractivity contribution in [1.82, 2.24) is 15.0 Å². The predicted molar refractivity (Wildman–Crippen MR) is 83.0 cm³/mol. The van der Waals surface area contributed by atoms with Crippen LogP contribution in [0.25, 0.3) is 0 Å². The van der Waals surface area contributed by atoms with Crippen molar-refractivity contribution < 1.29 is 0 Å². The summed E-state index contributed by atoms with van der Waals surface area (Å²) in [6.45, 7) is 7.29. The number of benzene rings is 1. The number of nitrogen functional groups attached to an aromatic ring is 1. The minimum absolute atomic E-state index is 0.0428. The van der Waals surface area contributed by atoms with Gasteiger partial charge in [0.15, 0.2) is 5.82 Å². The average Bonchev–Trinajstić information content (AvgIpc) is 2.94. The Balaban J connectivity index is 1.91. The summed E-state index contributed by atoms with van der Waals surface area (Å²) in [6, 6.07) is 8.62. The lowest BCUT2D eigenvalue weighted by atomic mass is 9.91. The highest BCUT2D eigenvalue weighted by atomic mass is 32.2. The van der Waals surface area contributed by atoms with Gasteiger partial charge in [-0.25, -0.2) is 4.68 Å². The number of aromatic nitrogens is 3. The number of hydrogen-bond acceptors (Lipinski definition) is 4. The predicted octanol–water partition coefficient (Wildman–Crippen LogP) is 3.05. The maximum atomic E-state index is 6.00. The summed E-state index contributed by atoms with van der Waals surface area (Å²) in [4.78, 5) is 1.39. The normalized spacial score (nSPS) is 18.2. The van der Waals surface area contributed by atoms with Gasteiger partial charge < -0.3 is 5.73 Å². The summed E-state index contributed by atoms with van der Waals surface area (Å²) in [5, 5.41) is 8.32. The van der Waals surface area contributed by atoms with Gasteiger partial charge in [0.1, 0.15) is 0 Å². The molecule has 0 saturated carbocycles. The van der Waals surface area contributed by atoms with Crippen LogP contribution in [0.1, 0.15) is 37.9 Å². The molecular formula is C15H20N4S. The smallest absolute Gasteiger partial charge is 0.169 e. The van der Waals surface area contributed by atoms with E-state index in [9.17, 15) is 0 Å². The van der Waals surface area contributed by atoms with Crippen LogP contribution in [0, 0.1) is 0 Å². The van der Waals surface area contributed by atoms with E-state index in [-0.39, 0.29) is 5.41 Å². The fourth-order valence-corrected chi connectivity index (χ4v) is 4.06. The molecule has 0 saturated heterocycles. The lowest BCUT2D eigenvalue weighted by Crippen LogP contribution is -2.22. The van der Waals surface area contributed by atoms with Gasteiger partial charge in [-0.3, -0.25) is 0 Å². The Morgan fingerprint density at radius 2 is 2.10 bits per heavy atom. The largest absolute Gasteiger partial charge is 0.381 e. The minimum Gasteiger partial charge on any atom is -0.381 e. The molecule has 0 amide bonds. The van der Waals surface area contributed by atoms with E-state index in [2.05, 4.69) is 55.3 Å². The van der Waals surface area contributed by atoms with Crippen molar-refractivity contribution in [1.29, 1.82) is 0 Å². The first kappa shape index (κ1) is 13.5. The van der Waals surface area contributed by atoms with E-state index < -0.39 is 0 Å². The monoisotopic (exact) mass is 288 g/mol. The van der Waals surface area contributed by atoms with Crippen LogP contribution in [-0.4, -0.2) is 20.7 Å². The number of rotatable bonds is 2. The zero-order chi connectivity index (χ0) is 14.3. The number of thioether (sulfide) groups is 1. The highest BCUT2D eigenvalue weighted by molar-refractivity contribution is 7.99. The van der Waals surface area contributed by atoms with E-state index in [1.807, 2.05) is 16.4 Å². The molecule has 0 fully saturated rings. The minimum atomic E-state index is -0.0428. The van der Waals surface area contributed by atoms with Crippen LogP contribution < -0.4 is 5.73 Å². The van der Waals surface area contributed by atoms with Gasteiger partial charge in [0.05, 0.1) is 12.2 Å². The Morgan fingerprint density at radius 1 is 1.35 bits per heavy atom. The molecule has 0 aliphatic carbocycles. The third-order valence-corrected chi connectivity index (χ3v) is 4.92. The Morgan fingerprint density at radius 3 is 2.85 bits per heavy atom. The van der Waals surface area contributed by atoms with Crippen molar-refractivity contribution in [3.05, 3.63) is 35.5 Å². The maximum Gasteiger partial charge on any atom is 0.169 e. The Bertz CT molecular complexity index is 627. The summed E-state index contributed by atoms with van der Waals surface area (Å²) in [7, 11) is 0. The second-order valence-corrected chi connectivity index (χ2v) is 7.36. The molecule has 0 spiro atoms. The van der Waals surface area contributed by atoms with Crippen LogP contribution >= 0.6 is 11.8 Å². The fourth-order valence-electron chi connectivity index (χ4n) is 2.81. The average molecular weight is 288 g/mol. The molecule has 4 nitrogen and oxygen atoms in total. The van der Waals surface area contributed by atoms with Crippen LogP contribution in [0.2, 0.25) is 0 Å². The summed E-state index contributed by atoms with van der Waals surface area (Å²) >= 11 is 1.92. The van der Waals surface area contributed by atoms with Gasteiger partial charge in [-0.15, -0.1) is 16.9 Å². The molecule has 1 aromatic carbocycles. The van der Waals surface area contributed by atoms with Gasteiger partial charge in [0, 0.05) is 22.0 Å². The van der Waals surface area contributed by atoms with Gasteiger partial charge in [-0.2, -0.15) is 0 Å². The van der Waals surface area contributed by atoms with Crippen LogP contribution in [-0.2, 0) is 12.0 Å². The number of anilines is 1. The van der Waals surface area contributed by atoms with Gasteiger partial charge in [-0.05, 0) is 11.6 Å². The molecule has 5 heteroatoms. The third kappa shape index (κ3) is 2.30. The Hall–Kier alpha value is -1.49. The summed E-state index contributed by atoms with van der Waals surface area (Å²) < 4.78 is 1.99. The summed E-state index contributed by atoms with van der Waals surface area (Å²) in [5.41, 5.74) is 8.41. The van der Waals surface area contributed by atoms with Crippen LogP contribution in [0.5, 0.6) is 0 Å². The molecule has 2 aromatic rings. The zero-order valence-corrected chi connectivity index (χ0v) is 12.9. The first-order valence-electron chi connectivity index (χ1n) is 6.88. The standard InChI is InChI=1S/C15H20N4S/c1-15(2,3)13-14(16)17-18-19(13)8-10-9-20-12-7-5-4-6-11(10)12/h4-7,10H,8-9,16H2,1-3H3. The van der Waals surface area contributed by atoms with Gasteiger partial charge in [0.2, 0.25) is 0 Å². The van der Waals surface area contributed by atoms with Crippen LogP contribution in [0.3, 0.4) is 0 Å². The van der Waals surface area contributed by atoms with Gasteiger partial charge in [-0.1, -0.05) is 44.2 Å². The number of nitrogens with two attached hydrogens (primary N) is 1. The molecule has 1 unspecified atom stereocenters. The SMILES string of the molecule is CC(C)(C)c1c(N)nnn1CC1CSc2ccccc21. The molecule has 1 aliphatic heterocycles. The first-order chi connectivity index (χ1) is 9.47. The quantitative estimate of drug-likeness (QED) is 0.922. The molecule has 2 N–H and O–H groups in total. The summed E-state index contributed by atoms with van der Waals surface area (Å²) in [5.74, 6) is 2.14. The van der Waals surface area contributed by atoms with Crippen LogP contribution in [0.4, 0.5) is 5.82 Å². The lowest BCUT2D eigenvalue weighted by Gasteiger charge is -2.21. The van der Waals surface area contributed by atoms with Crippen molar-refractivity contribution in [3.63, 3.8) is 0 Å². The maximum absolute atomic E-state index is 6.00. The Labute approximate surface area is 123 Å². The highest BCUT2D eigenvalue weighted by Crippen LogP contribution is 2.40. The molecule has 0 radical (unpaired) electrons. The van der Waals surface area contributed by atoms with Crippen molar-refractivity contribution in [2.75, 3.05) is 11.5 Å². The van der Waals surface area contributed by atoms with E-state index in [1.54, 1.807) is 0 Å². The molecule has 106 valence electrons. The first-order valence-corrected chi connectivity index (χ1v) is 7.86. The third-order valence-electron chi connectivity index (χ3n) is 3.66. The number of fused-ring (bicyclic) bond motifs is 1. The van der Waals surface area contributed by atoms with Gasteiger partial charge in [0.25, 0.3) is 0 Å². The number of nitrogens with zero attached hydrogens (tertiary/aromatic N) is 3. The van der Waals surface area contributed by atoms with E-state index in [0.29, 0.717) is 11.7 Å². The van der Waals surface area contributed by atoms with Crippen molar-refractivity contribution >= 4 is 17.6 Å². The second kappa shape index (κ2) is 4.81. The second-order valence-electron chi connectivity index (χ2n) is 6.30. The van der Waals surface area contributed by atoms with E-state index in [4.69, 9.17) is 5.73 Å². The van der Waals surface area contributed by atoms with Crippen molar-refractivity contribution in [2.24, 2.45) is 0 Å². The summed E-state index contributed by atoms with van der Waals surface area (Å²) in [6.07, 6.45) is 0. The zero-order valence-electron chi connectivity index (χ0n) is 12.1. The van der Waals surface area contributed by atoms with E-state index >= 15 is 0 Å². The van der Waals surface area contributed by atoms with Crippen molar-refractivity contribution in [2.45, 2.75) is 43.5 Å². The molecule has 1 aromatic heterocycles. The number of hydrogen-bond donors (Lipinski definition) is 1. The molecule has 0 bridgehead atoms. The molecular weight excluding hydrogens is 268 g/mol. The molecule has 20 heavy (non-hydrogen) atoms. The topological polar surface area (TPSA) is 56.7 Å². The molecule has 3 rings (SSSR count). The van der Waals surface area contributed by atoms with E-state index in [1.165, 1.54) is 10.5 Å². The molecule has 1 atom stereocenters. The molecule has 2 heterocycles. The van der Waals surface area contributed by atoms with E-state index in [0.717, 1.165) is 18.0 Å². The lowest BCUT2D eigenvalue weighted by molar-refractivity contribution is 0.457. The molecule has 1 aliphatic rings. The van der Waals surface area contributed by atoms with Gasteiger partial charge >= 0.3 is 0 Å². The fraction of sp³-hybridized carbons (Fsp3) is 0.467. The van der Waals surface area contributed by atoms with Crippen molar-refractivity contribution in [3.8, 4) is 0 Å².